The third-order valence-corrected chi connectivity index (χ3v) is 4.94. The molecule has 1 atom stereocenters. The molecule has 1 aliphatic carbocycles. The zero-order valence-electron chi connectivity index (χ0n) is 13.1. The average molecular weight is 342 g/mol. The summed E-state index contributed by atoms with van der Waals surface area (Å²) in [5, 5.41) is 18.1. The highest BCUT2D eigenvalue weighted by Gasteiger charge is 2.24. The summed E-state index contributed by atoms with van der Waals surface area (Å²) in [6, 6.07) is 11.4. The van der Waals surface area contributed by atoms with Crippen LogP contribution >= 0.6 is 11.6 Å². The van der Waals surface area contributed by atoms with Crippen molar-refractivity contribution in [3.05, 3.63) is 58.1 Å². The molecule has 1 fully saturated rings. The minimum atomic E-state index is -1.02. The largest absolute Gasteiger partial charge is 0.478 e. The molecule has 0 bridgehead atoms. The van der Waals surface area contributed by atoms with Gasteiger partial charge in [0.1, 0.15) is 11.0 Å². The zero-order chi connectivity index (χ0) is 16.8. The van der Waals surface area contributed by atoms with E-state index in [9.17, 15) is 9.90 Å². The number of carboxylic acid groups (broad SMARTS) is 1. The van der Waals surface area contributed by atoms with Gasteiger partial charge < -0.3 is 5.11 Å². The van der Waals surface area contributed by atoms with E-state index in [1.165, 1.54) is 24.5 Å². The average Bonchev–Trinajstić information content (AvgIpc) is 3.33. The second-order valence-electron chi connectivity index (χ2n) is 6.25. The predicted molar refractivity (Wildman–Crippen MR) is 91.7 cm³/mol. The molecule has 0 spiro atoms. The van der Waals surface area contributed by atoms with Crippen LogP contribution in [-0.4, -0.2) is 26.1 Å². The molecule has 4 rings (SSSR count). The number of benzene rings is 2. The van der Waals surface area contributed by atoms with Crippen LogP contribution in [0.1, 0.15) is 53.2 Å². The van der Waals surface area contributed by atoms with E-state index in [1.54, 1.807) is 10.7 Å². The van der Waals surface area contributed by atoms with Crippen molar-refractivity contribution in [2.75, 3.05) is 0 Å². The zero-order valence-corrected chi connectivity index (χ0v) is 13.9. The lowest BCUT2D eigenvalue weighted by Gasteiger charge is -2.14. The maximum Gasteiger partial charge on any atom is 0.337 e. The SMILES string of the molecule is CC(c1ccc(C2CC2)cc1)n1nnc2c(Cl)ccc(C(=O)O)c21. The first-order valence-corrected chi connectivity index (χ1v) is 8.30. The molecule has 1 aromatic heterocycles. The monoisotopic (exact) mass is 341 g/mol. The fourth-order valence-corrected chi connectivity index (χ4v) is 3.26. The van der Waals surface area contributed by atoms with E-state index >= 15 is 0 Å². The summed E-state index contributed by atoms with van der Waals surface area (Å²) < 4.78 is 1.64. The highest BCUT2D eigenvalue weighted by Crippen LogP contribution is 2.40. The molecule has 1 aliphatic rings. The van der Waals surface area contributed by atoms with Crippen LogP contribution in [0.2, 0.25) is 5.02 Å². The van der Waals surface area contributed by atoms with E-state index in [-0.39, 0.29) is 11.6 Å². The summed E-state index contributed by atoms with van der Waals surface area (Å²) in [7, 11) is 0. The first-order chi connectivity index (χ1) is 11.6. The number of rotatable bonds is 4. The Balaban J connectivity index is 1.80. The number of carbonyl (C=O) groups is 1. The smallest absolute Gasteiger partial charge is 0.337 e. The van der Waals surface area contributed by atoms with Gasteiger partial charge in [0.2, 0.25) is 0 Å². The summed E-state index contributed by atoms with van der Waals surface area (Å²) in [5.41, 5.74) is 3.44. The molecule has 122 valence electrons. The Kier molecular flexibility index (Phi) is 3.53. The Hall–Kier alpha value is -2.40. The molecule has 3 aromatic rings. The topological polar surface area (TPSA) is 68.0 Å². The molecule has 1 N–H and O–H groups in total. The lowest BCUT2D eigenvalue weighted by molar-refractivity contribution is 0.0698. The van der Waals surface area contributed by atoms with Gasteiger partial charge in [-0.2, -0.15) is 0 Å². The molecule has 24 heavy (non-hydrogen) atoms. The minimum absolute atomic E-state index is 0.139. The molecule has 2 aromatic carbocycles. The molecule has 1 unspecified atom stereocenters. The summed E-state index contributed by atoms with van der Waals surface area (Å²) >= 11 is 6.15. The van der Waals surface area contributed by atoms with Crippen LogP contribution in [0.4, 0.5) is 0 Å². The molecule has 0 radical (unpaired) electrons. The number of fused-ring (bicyclic) bond motifs is 1. The Labute approximate surface area is 143 Å². The summed E-state index contributed by atoms with van der Waals surface area (Å²) in [6.45, 7) is 1.98. The van der Waals surface area contributed by atoms with Crippen LogP contribution in [0.5, 0.6) is 0 Å². The van der Waals surface area contributed by atoms with Crippen molar-refractivity contribution in [1.82, 2.24) is 15.0 Å². The third-order valence-electron chi connectivity index (χ3n) is 4.64. The molecular formula is C18H16ClN3O2. The van der Waals surface area contributed by atoms with Gasteiger partial charge in [-0.15, -0.1) is 5.10 Å². The normalized spacial score (nSPS) is 15.6. The van der Waals surface area contributed by atoms with Gasteiger partial charge in [0.15, 0.2) is 0 Å². The summed E-state index contributed by atoms with van der Waals surface area (Å²) in [4.78, 5) is 11.6. The fourth-order valence-electron chi connectivity index (χ4n) is 3.07. The van der Waals surface area contributed by atoms with Gasteiger partial charge in [0, 0.05) is 0 Å². The molecule has 6 heteroatoms. The quantitative estimate of drug-likeness (QED) is 0.769. The molecular weight excluding hydrogens is 326 g/mol. The van der Waals surface area contributed by atoms with Crippen molar-refractivity contribution in [1.29, 1.82) is 0 Å². The van der Waals surface area contributed by atoms with Gasteiger partial charge in [0.25, 0.3) is 0 Å². The number of carboxylic acids is 1. The second kappa shape index (κ2) is 5.60. The van der Waals surface area contributed by atoms with Crippen molar-refractivity contribution < 1.29 is 9.90 Å². The Morgan fingerprint density at radius 2 is 1.96 bits per heavy atom. The number of halogens is 1. The molecule has 0 aliphatic heterocycles. The number of aromatic carboxylic acids is 1. The number of hydrogen-bond acceptors (Lipinski definition) is 3. The Morgan fingerprint density at radius 1 is 1.25 bits per heavy atom. The van der Waals surface area contributed by atoms with E-state index in [0.717, 1.165) is 5.56 Å². The van der Waals surface area contributed by atoms with Crippen LogP contribution in [0.25, 0.3) is 11.0 Å². The first-order valence-electron chi connectivity index (χ1n) is 7.93. The fraction of sp³-hybridized carbons (Fsp3) is 0.278. The van der Waals surface area contributed by atoms with Gasteiger partial charge in [-0.3, -0.25) is 0 Å². The maximum absolute atomic E-state index is 11.6. The van der Waals surface area contributed by atoms with Gasteiger partial charge >= 0.3 is 5.97 Å². The van der Waals surface area contributed by atoms with Gasteiger partial charge in [-0.05, 0) is 48.9 Å². The van der Waals surface area contributed by atoms with E-state index in [4.69, 9.17) is 11.6 Å². The van der Waals surface area contributed by atoms with Crippen molar-refractivity contribution in [2.24, 2.45) is 0 Å². The summed E-state index contributed by atoms with van der Waals surface area (Å²) in [6.07, 6.45) is 2.53. The van der Waals surface area contributed by atoms with Gasteiger partial charge in [-0.1, -0.05) is 41.1 Å². The second-order valence-corrected chi connectivity index (χ2v) is 6.66. The van der Waals surface area contributed by atoms with Crippen LogP contribution in [0.15, 0.2) is 36.4 Å². The predicted octanol–water partition coefficient (Wildman–Crippen LogP) is 4.27. The number of nitrogens with zero attached hydrogens (tertiary/aromatic N) is 3. The highest BCUT2D eigenvalue weighted by atomic mass is 35.5. The summed E-state index contributed by atoms with van der Waals surface area (Å²) in [5.74, 6) is -0.310. The molecule has 0 amide bonds. The molecule has 0 saturated heterocycles. The maximum atomic E-state index is 11.6. The van der Waals surface area contributed by atoms with Gasteiger partial charge in [-0.25, -0.2) is 9.48 Å². The third kappa shape index (κ3) is 2.45. The number of hydrogen-bond donors (Lipinski definition) is 1. The molecule has 1 heterocycles. The van der Waals surface area contributed by atoms with E-state index in [2.05, 4.69) is 34.6 Å². The Morgan fingerprint density at radius 3 is 2.58 bits per heavy atom. The van der Waals surface area contributed by atoms with Crippen LogP contribution < -0.4 is 0 Å². The van der Waals surface area contributed by atoms with E-state index in [0.29, 0.717) is 22.0 Å². The van der Waals surface area contributed by atoms with Crippen molar-refractivity contribution in [2.45, 2.75) is 31.7 Å². The van der Waals surface area contributed by atoms with Crippen molar-refractivity contribution >= 4 is 28.6 Å². The van der Waals surface area contributed by atoms with Gasteiger partial charge in [0.05, 0.1) is 16.6 Å². The lowest BCUT2D eigenvalue weighted by Crippen LogP contribution is -2.11. The van der Waals surface area contributed by atoms with E-state index in [1.807, 2.05) is 6.92 Å². The number of aromatic nitrogens is 3. The Bertz CT molecular complexity index is 929. The highest BCUT2D eigenvalue weighted by molar-refractivity contribution is 6.35. The van der Waals surface area contributed by atoms with E-state index < -0.39 is 5.97 Å². The first kappa shape index (κ1) is 15.1. The molecule has 5 nitrogen and oxygen atoms in total. The lowest BCUT2D eigenvalue weighted by atomic mass is 10.0. The standard InChI is InChI=1S/C18H16ClN3O2/c1-10(11-2-4-12(5-3-11)13-6-7-13)22-17-14(18(23)24)8-9-15(19)16(17)20-21-22/h2-5,8-10,13H,6-7H2,1H3,(H,23,24). The van der Waals surface area contributed by atoms with Crippen LogP contribution in [0, 0.1) is 0 Å². The van der Waals surface area contributed by atoms with Crippen LogP contribution in [0.3, 0.4) is 0 Å². The van der Waals surface area contributed by atoms with Crippen molar-refractivity contribution in [3.8, 4) is 0 Å². The minimum Gasteiger partial charge on any atom is -0.478 e. The van der Waals surface area contributed by atoms with Crippen molar-refractivity contribution in [3.63, 3.8) is 0 Å². The van der Waals surface area contributed by atoms with Crippen LogP contribution in [-0.2, 0) is 0 Å². The molecule has 1 saturated carbocycles.